The highest BCUT2D eigenvalue weighted by atomic mass is 35.5. The van der Waals surface area contributed by atoms with Crippen LogP contribution in [0.1, 0.15) is 25.3 Å². The normalized spacial score (nSPS) is 11.4. The van der Waals surface area contributed by atoms with Gasteiger partial charge in [0.15, 0.2) is 6.61 Å². The second-order valence-corrected chi connectivity index (χ2v) is 8.27. The molecule has 0 aliphatic rings. The van der Waals surface area contributed by atoms with Crippen LogP contribution in [0, 0.1) is 0 Å². The van der Waals surface area contributed by atoms with Crippen molar-refractivity contribution in [1.29, 1.82) is 0 Å². The smallest absolute Gasteiger partial charge is 0.272 e. The zero-order chi connectivity index (χ0) is 19.3. The first-order valence-electron chi connectivity index (χ1n) is 7.67. The molecule has 0 fully saturated rings. The molecule has 9 heteroatoms. The summed E-state index contributed by atoms with van der Waals surface area (Å²) in [7, 11) is -3.88. The van der Waals surface area contributed by atoms with Gasteiger partial charge < -0.3 is 4.74 Å². The van der Waals surface area contributed by atoms with Gasteiger partial charge in [-0.3, -0.25) is 10.2 Å². The number of amides is 1. The highest BCUT2D eigenvalue weighted by molar-refractivity contribution is 7.89. The van der Waals surface area contributed by atoms with E-state index in [1.165, 1.54) is 24.3 Å². The Morgan fingerprint density at radius 2 is 1.77 bits per heavy atom. The van der Waals surface area contributed by atoms with Gasteiger partial charge in [-0.15, -0.1) is 4.83 Å². The Balaban J connectivity index is 1.91. The van der Waals surface area contributed by atoms with Crippen molar-refractivity contribution in [2.45, 2.75) is 24.7 Å². The van der Waals surface area contributed by atoms with Crippen molar-refractivity contribution in [2.75, 3.05) is 6.61 Å². The zero-order valence-corrected chi connectivity index (χ0v) is 16.5. The fourth-order valence-corrected chi connectivity index (χ4v) is 3.31. The van der Waals surface area contributed by atoms with Crippen molar-refractivity contribution < 1.29 is 17.9 Å². The summed E-state index contributed by atoms with van der Waals surface area (Å²) in [5, 5.41) is 0.680. The molecule has 0 heterocycles. The fraction of sp³-hybridized carbons (Fsp3) is 0.235. The maximum atomic E-state index is 12.2. The topological polar surface area (TPSA) is 84.5 Å². The lowest BCUT2D eigenvalue weighted by molar-refractivity contribution is -0.123. The number of ether oxygens (including phenoxy) is 1. The molecule has 140 valence electrons. The van der Waals surface area contributed by atoms with E-state index in [-0.39, 0.29) is 21.6 Å². The van der Waals surface area contributed by atoms with Crippen LogP contribution in [-0.4, -0.2) is 20.9 Å². The first-order chi connectivity index (χ1) is 12.2. The number of carbonyl (C=O) groups excluding carboxylic acids is 1. The summed E-state index contributed by atoms with van der Waals surface area (Å²) in [6.07, 6.45) is 0. The summed E-state index contributed by atoms with van der Waals surface area (Å²) in [6.45, 7) is 3.60. The number of hydrogen-bond acceptors (Lipinski definition) is 4. The molecule has 6 nitrogen and oxygen atoms in total. The molecule has 2 N–H and O–H groups in total. The van der Waals surface area contributed by atoms with E-state index >= 15 is 0 Å². The van der Waals surface area contributed by atoms with Crippen LogP contribution in [0.3, 0.4) is 0 Å². The van der Waals surface area contributed by atoms with Gasteiger partial charge in [0.25, 0.3) is 15.9 Å². The van der Waals surface area contributed by atoms with Crippen molar-refractivity contribution >= 4 is 39.1 Å². The standard InChI is InChI=1S/C17H18Cl2N2O4S/c1-11(2)12-3-6-14(7-4-12)26(23,24)21-20-17(22)10-25-16-8-5-13(18)9-15(16)19/h3-9,11,21H,10H2,1-2H3,(H,20,22). The van der Waals surface area contributed by atoms with E-state index in [4.69, 9.17) is 27.9 Å². The summed E-state index contributed by atoms with van der Waals surface area (Å²) < 4.78 is 29.6. The third kappa shape index (κ3) is 5.60. The van der Waals surface area contributed by atoms with Crippen LogP contribution in [-0.2, 0) is 14.8 Å². The van der Waals surface area contributed by atoms with Crippen LogP contribution in [0.5, 0.6) is 5.75 Å². The summed E-state index contributed by atoms with van der Waals surface area (Å²) in [5.41, 5.74) is 3.10. The first kappa shape index (κ1) is 20.5. The minimum atomic E-state index is -3.88. The minimum Gasteiger partial charge on any atom is -0.482 e. The maximum Gasteiger partial charge on any atom is 0.272 e. The number of halogens is 2. The molecule has 0 radical (unpaired) electrons. The Kier molecular flexibility index (Phi) is 6.88. The largest absolute Gasteiger partial charge is 0.482 e. The van der Waals surface area contributed by atoms with E-state index in [0.717, 1.165) is 5.56 Å². The molecule has 0 aliphatic heterocycles. The third-order valence-electron chi connectivity index (χ3n) is 3.43. The van der Waals surface area contributed by atoms with Crippen LogP contribution in [0.15, 0.2) is 47.4 Å². The lowest BCUT2D eigenvalue weighted by atomic mass is 10.0. The Labute approximate surface area is 162 Å². The van der Waals surface area contributed by atoms with Crippen LogP contribution < -0.4 is 15.0 Å². The zero-order valence-electron chi connectivity index (χ0n) is 14.1. The SMILES string of the molecule is CC(C)c1ccc(S(=O)(=O)NNC(=O)COc2ccc(Cl)cc2Cl)cc1. The maximum absolute atomic E-state index is 12.2. The molecule has 0 unspecified atom stereocenters. The van der Waals surface area contributed by atoms with Gasteiger partial charge >= 0.3 is 0 Å². The highest BCUT2D eigenvalue weighted by Crippen LogP contribution is 2.27. The molecule has 0 atom stereocenters. The number of benzene rings is 2. The van der Waals surface area contributed by atoms with Crippen LogP contribution in [0.2, 0.25) is 10.0 Å². The quantitative estimate of drug-likeness (QED) is 0.676. The molecular weight excluding hydrogens is 399 g/mol. The molecule has 0 saturated heterocycles. The van der Waals surface area contributed by atoms with E-state index in [1.54, 1.807) is 18.2 Å². The second-order valence-electron chi connectivity index (χ2n) is 5.74. The number of hydrogen-bond donors (Lipinski definition) is 2. The van der Waals surface area contributed by atoms with Crippen molar-refractivity contribution in [2.24, 2.45) is 0 Å². The predicted molar refractivity (Wildman–Crippen MR) is 101 cm³/mol. The Morgan fingerprint density at radius 3 is 2.35 bits per heavy atom. The second kappa shape index (κ2) is 8.73. The van der Waals surface area contributed by atoms with Gasteiger partial charge in [-0.05, 0) is 41.8 Å². The number of carbonyl (C=O) groups is 1. The first-order valence-corrected chi connectivity index (χ1v) is 9.91. The van der Waals surface area contributed by atoms with Gasteiger partial charge in [0.2, 0.25) is 0 Å². The lowest BCUT2D eigenvalue weighted by Gasteiger charge is -2.11. The number of hydrazine groups is 1. The molecule has 0 aliphatic carbocycles. The van der Waals surface area contributed by atoms with E-state index in [1.807, 2.05) is 18.7 Å². The van der Waals surface area contributed by atoms with E-state index in [2.05, 4.69) is 5.43 Å². The Morgan fingerprint density at radius 1 is 1.12 bits per heavy atom. The lowest BCUT2D eigenvalue weighted by Crippen LogP contribution is -2.43. The molecule has 0 aromatic heterocycles. The summed E-state index contributed by atoms with van der Waals surface area (Å²) in [5.74, 6) is -0.131. The molecule has 2 aromatic carbocycles. The summed E-state index contributed by atoms with van der Waals surface area (Å²) in [4.78, 5) is 13.9. The van der Waals surface area contributed by atoms with Gasteiger partial charge in [-0.25, -0.2) is 8.42 Å². The number of nitrogens with one attached hydrogen (secondary N) is 2. The molecule has 26 heavy (non-hydrogen) atoms. The van der Waals surface area contributed by atoms with Crippen molar-refractivity contribution in [3.63, 3.8) is 0 Å². The van der Waals surface area contributed by atoms with Gasteiger partial charge in [-0.1, -0.05) is 49.2 Å². The van der Waals surface area contributed by atoms with Gasteiger partial charge in [0, 0.05) is 5.02 Å². The average Bonchev–Trinajstić information content (AvgIpc) is 2.59. The van der Waals surface area contributed by atoms with Crippen molar-refractivity contribution in [3.05, 3.63) is 58.1 Å². The third-order valence-corrected chi connectivity index (χ3v) is 5.23. The van der Waals surface area contributed by atoms with Crippen LogP contribution in [0.25, 0.3) is 0 Å². The van der Waals surface area contributed by atoms with Crippen molar-refractivity contribution in [1.82, 2.24) is 10.3 Å². The molecule has 0 saturated carbocycles. The average molecular weight is 417 g/mol. The minimum absolute atomic E-state index is 0.0452. The molecule has 2 aromatic rings. The number of sulfonamides is 1. The monoisotopic (exact) mass is 416 g/mol. The van der Waals surface area contributed by atoms with E-state index in [0.29, 0.717) is 5.02 Å². The van der Waals surface area contributed by atoms with Crippen LogP contribution in [0.4, 0.5) is 0 Å². The molecular formula is C17H18Cl2N2O4S. The molecule has 0 bridgehead atoms. The van der Waals surface area contributed by atoms with Gasteiger partial charge in [-0.2, -0.15) is 0 Å². The predicted octanol–water partition coefficient (Wildman–Crippen LogP) is 3.51. The Bertz CT molecular complexity index is 884. The summed E-state index contributed by atoms with van der Waals surface area (Å²) in [6, 6.07) is 11.0. The van der Waals surface area contributed by atoms with Gasteiger partial charge in [0.05, 0.1) is 9.92 Å². The summed E-state index contributed by atoms with van der Waals surface area (Å²) >= 11 is 11.7. The molecule has 2 rings (SSSR count). The van der Waals surface area contributed by atoms with E-state index in [9.17, 15) is 13.2 Å². The highest BCUT2D eigenvalue weighted by Gasteiger charge is 2.16. The molecule has 0 spiro atoms. The van der Waals surface area contributed by atoms with E-state index < -0.39 is 22.5 Å². The molecule has 1 amide bonds. The fourth-order valence-electron chi connectivity index (χ4n) is 1.99. The Hall–Kier alpha value is -1.80. The number of rotatable bonds is 7. The van der Waals surface area contributed by atoms with Crippen molar-refractivity contribution in [3.8, 4) is 5.75 Å². The van der Waals surface area contributed by atoms with Gasteiger partial charge in [0.1, 0.15) is 5.75 Å². The van der Waals surface area contributed by atoms with Crippen LogP contribution >= 0.6 is 23.2 Å².